The molecule has 3 rings (SSSR count). The van der Waals surface area contributed by atoms with Crippen LogP contribution in [0.25, 0.3) is 0 Å². The van der Waals surface area contributed by atoms with Crippen molar-refractivity contribution in [3.8, 4) is 0 Å². The van der Waals surface area contributed by atoms with E-state index in [9.17, 15) is 9.59 Å². The highest BCUT2D eigenvalue weighted by molar-refractivity contribution is 7.17. The van der Waals surface area contributed by atoms with Gasteiger partial charge in [-0.1, -0.05) is 18.0 Å². The number of amides is 2. The largest absolute Gasteiger partial charge is 0.365 e. The summed E-state index contributed by atoms with van der Waals surface area (Å²) in [6.45, 7) is 1.74. The third-order valence-corrected chi connectivity index (χ3v) is 5.92. The molecule has 0 unspecified atom stereocenters. The maximum absolute atomic E-state index is 12.6. The number of anilines is 1. The van der Waals surface area contributed by atoms with Gasteiger partial charge in [-0.05, 0) is 38.2 Å². The Labute approximate surface area is 149 Å². The van der Waals surface area contributed by atoms with Gasteiger partial charge in [0, 0.05) is 11.9 Å². The lowest BCUT2D eigenvalue weighted by Crippen LogP contribution is -2.20. The molecule has 3 N–H and O–H groups in total. The zero-order valence-electron chi connectivity index (χ0n) is 13.6. The van der Waals surface area contributed by atoms with Crippen LogP contribution in [0.5, 0.6) is 0 Å². The molecule has 0 atom stereocenters. The van der Waals surface area contributed by atoms with E-state index >= 15 is 0 Å². The van der Waals surface area contributed by atoms with Crippen molar-refractivity contribution in [3.05, 3.63) is 32.4 Å². The van der Waals surface area contributed by atoms with Gasteiger partial charge in [-0.3, -0.25) is 14.3 Å². The van der Waals surface area contributed by atoms with Crippen LogP contribution < -0.4 is 11.1 Å². The Bertz CT molecular complexity index is 825. The predicted molar refractivity (Wildman–Crippen MR) is 95.0 cm³/mol. The molecule has 0 fully saturated rings. The number of fused-ring (bicyclic) bond motifs is 1. The molecule has 128 valence electrons. The predicted octanol–water partition coefficient (Wildman–Crippen LogP) is 3.06. The summed E-state index contributed by atoms with van der Waals surface area (Å²) < 4.78 is 1.44. The number of thiophene rings is 1. The first kappa shape index (κ1) is 17.0. The van der Waals surface area contributed by atoms with E-state index in [0.717, 1.165) is 42.5 Å². The van der Waals surface area contributed by atoms with Crippen LogP contribution in [-0.2, 0) is 19.9 Å². The number of aromatic nitrogens is 2. The number of carbonyl (C=O) groups excluding carboxylic acids is 2. The van der Waals surface area contributed by atoms with E-state index in [4.69, 9.17) is 17.3 Å². The summed E-state index contributed by atoms with van der Waals surface area (Å²) in [5.74, 6) is -0.890. The highest BCUT2D eigenvalue weighted by Gasteiger charge is 2.26. The molecule has 6 nitrogen and oxygen atoms in total. The monoisotopic (exact) mass is 366 g/mol. The number of nitrogens with two attached hydrogens (primary N) is 1. The van der Waals surface area contributed by atoms with Crippen LogP contribution in [-0.4, -0.2) is 21.6 Å². The first-order valence-corrected chi connectivity index (χ1v) is 9.04. The summed E-state index contributed by atoms with van der Waals surface area (Å²) in [4.78, 5) is 25.7. The smallest absolute Gasteiger partial charge is 0.276 e. The summed E-state index contributed by atoms with van der Waals surface area (Å²) >= 11 is 7.61. The van der Waals surface area contributed by atoms with Crippen LogP contribution in [0.3, 0.4) is 0 Å². The summed E-state index contributed by atoms with van der Waals surface area (Å²) in [5.41, 5.74) is 7.88. The number of primary amides is 1. The van der Waals surface area contributed by atoms with Crippen LogP contribution in [0.15, 0.2) is 0 Å². The molecule has 1 aliphatic carbocycles. The van der Waals surface area contributed by atoms with Crippen molar-refractivity contribution in [2.24, 2.45) is 12.8 Å². The average molecular weight is 367 g/mol. The molecule has 1 aliphatic rings. The fourth-order valence-corrected chi connectivity index (χ4v) is 4.67. The second kappa shape index (κ2) is 6.57. The third kappa shape index (κ3) is 2.93. The molecule has 2 aromatic heterocycles. The van der Waals surface area contributed by atoms with Crippen molar-refractivity contribution in [1.82, 2.24) is 9.78 Å². The van der Waals surface area contributed by atoms with Gasteiger partial charge in [0.2, 0.25) is 0 Å². The molecule has 2 aromatic rings. The maximum atomic E-state index is 12.6. The minimum atomic E-state index is -0.503. The van der Waals surface area contributed by atoms with Crippen LogP contribution in [0.2, 0.25) is 5.02 Å². The van der Waals surface area contributed by atoms with Crippen molar-refractivity contribution in [3.63, 3.8) is 0 Å². The van der Waals surface area contributed by atoms with Gasteiger partial charge in [0.25, 0.3) is 11.8 Å². The van der Waals surface area contributed by atoms with Crippen molar-refractivity contribution >= 4 is 39.8 Å². The second-order valence-corrected chi connectivity index (χ2v) is 7.44. The van der Waals surface area contributed by atoms with Gasteiger partial charge in [0.05, 0.1) is 16.3 Å². The number of rotatable bonds is 3. The lowest BCUT2D eigenvalue weighted by molar-refractivity contribution is 0.100. The lowest BCUT2D eigenvalue weighted by Gasteiger charge is -2.07. The molecule has 24 heavy (non-hydrogen) atoms. The average Bonchev–Trinajstić information content (AvgIpc) is 2.85. The highest BCUT2D eigenvalue weighted by atomic mass is 35.5. The molecule has 0 aromatic carbocycles. The van der Waals surface area contributed by atoms with Gasteiger partial charge in [-0.15, -0.1) is 11.3 Å². The molecule has 2 amide bonds. The number of hydrogen-bond donors (Lipinski definition) is 2. The number of nitrogens with one attached hydrogen (secondary N) is 1. The van der Waals surface area contributed by atoms with Crippen LogP contribution in [0.4, 0.5) is 5.00 Å². The summed E-state index contributed by atoms with van der Waals surface area (Å²) in [6.07, 6.45) is 5.01. The minimum Gasteiger partial charge on any atom is -0.365 e. The highest BCUT2D eigenvalue weighted by Crippen LogP contribution is 2.37. The van der Waals surface area contributed by atoms with Crippen LogP contribution in [0.1, 0.15) is 56.2 Å². The standard InChI is InChI=1S/C16H19ClN4O2S/c1-8-12(17)13(21(2)20-8)15(23)19-16-11(14(18)22)9-6-4-3-5-7-10(9)24-16/h3-7H2,1-2H3,(H2,18,22)(H,19,23). The minimum absolute atomic E-state index is 0.271. The van der Waals surface area contributed by atoms with Crippen LogP contribution >= 0.6 is 22.9 Å². The molecule has 0 saturated heterocycles. The molecule has 0 saturated carbocycles. The van der Waals surface area contributed by atoms with Crippen molar-refractivity contribution in [2.75, 3.05) is 5.32 Å². The van der Waals surface area contributed by atoms with Crippen molar-refractivity contribution < 1.29 is 9.59 Å². The summed E-state index contributed by atoms with van der Waals surface area (Å²) in [6, 6.07) is 0. The maximum Gasteiger partial charge on any atom is 0.276 e. The molecule has 0 aliphatic heterocycles. The third-order valence-electron chi connectivity index (χ3n) is 4.26. The van der Waals surface area contributed by atoms with Gasteiger partial charge in [0.1, 0.15) is 10.7 Å². The quantitative estimate of drug-likeness (QED) is 0.818. The van der Waals surface area contributed by atoms with Crippen LogP contribution in [0, 0.1) is 6.92 Å². The number of halogens is 1. The van der Waals surface area contributed by atoms with Gasteiger partial charge in [0.15, 0.2) is 0 Å². The van der Waals surface area contributed by atoms with Gasteiger partial charge < -0.3 is 11.1 Å². The normalized spacial score (nSPS) is 14.1. The Kier molecular flexibility index (Phi) is 4.64. The van der Waals surface area contributed by atoms with E-state index in [1.54, 1.807) is 14.0 Å². The van der Waals surface area contributed by atoms with E-state index < -0.39 is 5.91 Å². The van der Waals surface area contributed by atoms with Gasteiger partial charge in [-0.2, -0.15) is 5.10 Å². The Morgan fingerprint density at radius 2 is 2.00 bits per heavy atom. The Morgan fingerprint density at radius 1 is 1.29 bits per heavy atom. The Hall–Kier alpha value is -1.86. The molecular formula is C16H19ClN4O2S. The number of hydrogen-bond acceptors (Lipinski definition) is 4. The zero-order valence-corrected chi connectivity index (χ0v) is 15.2. The molecule has 0 radical (unpaired) electrons. The van der Waals surface area contributed by atoms with E-state index in [-0.39, 0.29) is 11.6 Å². The van der Waals surface area contributed by atoms with Gasteiger partial charge >= 0.3 is 0 Å². The summed E-state index contributed by atoms with van der Waals surface area (Å²) in [7, 11) is 1.66. The molecule has 2 heterocycles. The van der Waals surface area contributed by atoms with Crippen molar-refractivity contribution in [2.45, 2.75) is 39.0 Å². The lowest BCUT2D eigenvalue weighted by atomic mass is 10.1. The summed E-state index contributed by atoms with van der Waals surface area (Å²) in [5, 5.41) is 7.78. The van der Waals surface area contributed by atoms with E-state index in [1.165, 1.54) is 16.0 Å². The first-order valence-electron chi connectivity index (χ1n) is 7.85. The molecular weight excluding hydrogens is 348 g/mol. The van der Waals surface area contributed by atoms with E-state index in [0.29, 0.717) is 21.3 Å². The number of carbonyl (C=O) groups is 2. The second-order valence-electron chi connectivity index (χ2n) is 5.96. The van der Waals surface area contributed by atoms with Crippen molar-refractivity contribution in [1.29, 1.82) is 0 Å². The number of nitrogens with zero attached hydrogens (tertiary/aromatic N) is 2. The zero-order chi connectivity index (χ0) is 17.4. The molecule has 0 spiro atoms. The van der Waals surface area contributed by atoms with E-state index in [1.807, 2.05) is 0 Å². The first-order chi connectivity index (χ1) is 11.4. The fourth-order valence-electron chi connectivity index (χ4n) is 3.13. The fraction of sp³-hybridized carbons (Fsp3) is 0.438. The molecule has 0 bridgehead atoms. The number of aryl methyl sites for hydroxylation is 3. The Balaban J connectivity index is 1.98. The SMILES string of the molecule is Cc1nn(C)c(C(=O)Nc2sc3c(c2C(N)=O)CCCCC3)c1Cl. The van der Waals surface area contributed by atoms with Gasteiger partial charge in [-0.25, -0.2) is 0 Å². The molecule has 8 heteroatoms. The Morgan fingerprint density at radius 3 is 2.62 bits per heavy atom. The van der Waals surface area contributed by atoms with E-state index in [2.05, 4.69) is 10.4 Å². The topological polar surface area (TPSA) is 90.0 Å².